The minimum atomic E-state index is 0.417. The molecule has 3 atom stereocenters. The largest absolute Gasteiger partial charge is 0.381 e. The lowest BCUT2D eigenvalue weighted by molar-refractivity contribution is 0.0499. The van der Waals surface area contributed by atoms with Crippen LogP contribution in [0, 0.1) is 5.92 Å². The maximum atomic E-state index is 5.97. The zero-order valence-electron chi connectivity index (χ0n) is 7.88. The van der Waals surface area contributed by atoms with E-state index in [1.165, 1.54) is 25.4 Å². The van der Waals surface area contributed by atoms with Gasteiger partial charge in [0, 0.05) is 19.3 Å². The molecule has 2 N–H and O–H groups in total. The third kappa shape index (κ3) is 3.84. The number of nitrogens with two attached hydrogens (primary N) is 1. The van der Waals surface area contributed by atoms with Crippen LogP contribution in [0.5, 0.6) is 0 Å². The monoisotopic (exact) mass is 189 g/mol. The van der Waals surface area contributed by atoms with Crippen LogP contribution in [0.25, 0.3) is 0 Å². The van der Waals surface area contributed by atoms with E-state index in [2.05, 4.69) is 6.66 Å². The number of hydrogen-bond donors (Lipinski definition) is 1. The molecule has 1 aliphatic rings. The summed E-state index contributed by atoms with van der Waals surface area (Å²) >= 11 is 0. The molecule has 0 bridgehead atoms. The summed E-state index contributed by atoms with van der Waals surface area (Å²) in [5.74, 6) is 0.741. The van der Waals surface area contributed by atoms with Crippen molar-refractivity contribution in [1.82, 2.24) is 0 Å². The average molecular weight is 189 g/mol. The van der Waals surface area contributed by atoms with Crippen molar-refractivity contribution in [1.29, 1.82) is 0 Å². The van der Waals surface area contributed by atoms with Gasteiger partial charge < -0.3 is 10.5 Å². The molecule has 0 aromatic heterocycles. The van der Waals surface area contributed by atoms with Crippen molar-refractivity contribution in [2.45, 2.75) is 25.3 Å². The van der Waals surface area contributed by atoms with Crippen molar-refractivity contribution in [3.05, 3.63) is 0 Å². The van der Waals surface area contributed by atoms with Crippen LogP contribution in [0.1, 0.15) is 19.3 Å². The summed E-state index contributed by atoms with van der Waals surface area (Å²) in [4.78, 5) is 0. The van der Waals surface area contributed by atoms with E-state index < -0.39 is 0 Å². The van der Waals surface area contributed by atoms with Gasteiger partial charge in [0.2, 0.25) is 0 Å². The highest BCUT2D eigenvalue weighted by Gasteiger charge is 2.16. The first kappa shape index (κ1) is 10.4. The van der Waals surface area contributed by atoms with Gasteiger partial charge in [-0.25, -0.2) is 0 Å². The SMILES string of the molecule is CPC[C@@H](N)C[C@H]1CCCOC1. The minimum Gasteiger partial charge on any atom is -0.381 e. The van der Waals surface area contributed by atoms with E-state index in [1.54, 1.807) is 0 Å². The highest BCUT2D eigenvalue weighted by molar-refractivity contribution is 7.37. The van der Waals surface area contributed by atoms with Crippen molar-refractivity contribution in [3.63, 3.8) is 0 Å². The summed E-state index contributed by atoms with van der Waals surface area (Å²) < 4.78 is 5.41. The predicted molar refractivity (Wildman–Crippen MR) is 55.2 cm³/mol. The van der Waals surface area contributed by atoms with E-state index in [1.807, 2.05) is 0 Å². The summed E-state index contributed by atoms with van der Waals surface area (Å²) in [6.07, 6.45) is 4.91. The second-order valence-electron chi connectivity index (χ2n) is 3.64. The molecule has 12 heavy (non-hydrogen) atoms. The number of ether oxygens (including phenoxy) is 1. The van der Waals surface area contributed by atoms with Crippen molar-refractivity contribution < 1.29 is 4.74 Å². The van der Waals surface area contributed by atoms with E-state index in [9.17, 15) is 0 Å². The van der Waals surface area contributed by atoms with Gasteiger partial charge in [-0.3, -0.25) is 0 Å². The lowest BCUT2D eigenvalue weighted by Crippen LogP contribution is -2.29. The summed E-state index contributed by atoms with van der Waals surface area (Å²) in [5, 5.41) is 0. The molecule has 0 aliphatic carbocycles. The Kier molecular flexibility index (Phi) is 5.13. The van der Waals surface area contributed by atoms with Gasteiger partial charge in [0.15, 0.2) is 0 Å². The molecule has 1 fully saturated rings. The molecule has 0 amide bonds. The molecule has 3 heteroatoms. The zero-order chi connectivity index (χ0) is 8.81. The van der Waals surface area contributed by atoms with Crippen LogP contribution in [0.2, 0.25) is 0 Å². The van der Waals surface area contributed by atoms with Gasteiger partial charge in [0.05, 0.1) is 0 Å². The van der Waals surface area contributed by atoms with Crippen LogP contribution in [-0.2, 0) is 4.74 Å². The number of hydrogen-bond acceptors (Lipinski definition) is 2. The Morgan fingerprint density at radius 3 is 3.08 bits per heavy atom. The third-order valence-electron chi connectivity index (χ3n) is 2.36. The Balaban J connectivity index is 2.11. The molecule has 0 spiro atoms. The standard InChI is InChI=1S/C9H20NOP/c1-12-7-9(10)5-8-3-2-4-11-6-8/h8-9,12H,2-7,10H2,1H3/t8-,9+/m1/s1. The predicted octanol–water partition coefficient (Wildman–Crippen LogP) is 1.44. The molecule has 1 heterocycles. The summed E-state index contributed by atoms with van der Waals surface area (Å²) in [5.41, 5.74) is 5.97. The van der Waals surface area contributed by atoms with E-state index in [-0.39, 0.29) is 0 Å². The molecule has 72 valence electrons. The fourth-order valence-corrected chi connectivity index (χ4v) is 2.46. The topological polar surface area (TPSA) is 35.2 Å². The normalized spacial score (nSPS) is 28.0. The highest BCUT2D eigenvalue weighted by Crippen LogP contribution is 2.19. The molecule has 1 saturated heterocycles. The molecule has 0 aromatic rings. The highest BCUT2D eigenvalue weighted by atomic mass is 31.1. The lowest BCUT2D eigenvalue weighted by Gasteiger charge is -2.24. The van der Waals surface area contributed by atoms with Gasteiger partial charge >= 0.3 is 0 Å². The number of rotatable bonds is 4. The third-order valence-corrected chi connectivity index (χ3v) is 3.29. The van der Waals surface area contributed by atoms with Gasteiger partial charge in [-0.15, -0.1) is 8.58 Å². The second kappa shape index (κ2) is 5.90. The van der Waals surface area contributed by atoms with E-state index in [4.69, 9.17) is 10.5 Å². The second-order valence-corrected chi connectivity index (χ2v) is 4.75. The first-order valence-electron chi connectivity index (χ1n) is 4.81. The minimum absolute atomic E-state index is 0.417. The van der Waals surface area contributed by atoms with Gasteiger partial charge in [0.25, 0.3) is 0 Å². The lowest BCUT2D eigenvalue weighted by atomic mass is 9.95. The zero-order valence-corrected chi connectivity index (χ0v) is 8.88. The quantitative estimate of drug-likeness (QED) is 0.679. The van der Waals surface area contributed by atoms with E-state index >= 15 is 0 Å². The van der Waals surface area contributed by atoms with Crippen LogP contribution < -0.4 is 5.73 Å². The average Bonchev–Trinajstić information content (AvgIpc) is 2.06. The molecule has 1 unspecified atom stereocenters. The van der Waals surface area contributed by atoms with Crippen molar-refractivity contribution in [3.8, 4) is 0 Å². The molecule has 1 rings (SSSR count). The summed E-state index contributed by atoms with van der Waals surface area (Å²) in [7, 11) is 0.993. The molecular formula is C9H20NOP. The van der Waals surface area contributed by atoms with Crippen LogP contribution in [0.3, 0.4) is 0 Å². The summed E-state index contributed by atoms with van der Waals surface area (Å²) in [6, 6.07) is 0.417. The maximum absolute atomic E-state index is 5.97. The molecule has 1 aliphatic heterocycles. The van der Waals surface area contributed by atoms with Crippen molar-refractivity contribution >= 4 is 8.58 Å². The fourth-order valence-electron chi connectivity index (χ4n) is 1.77. The molecule has 0 aromatic carbocycles. The molecule has 0 radical (unpaired) electrons. The van der Waals surface area contributed by atoms with Crippen LogP contribution in [0.15, 0.2) is 0 Å². The molecule has 2 nitrogen and oxygen atoms in total. The maximum Gasteiger partial charge on any atom is 0.0494 e. The Morgan fingerprint density at radius 2 is 2.50 bits per heavy atom. The van der Waals surface area contributed by atoms with Gasteiger partial charge in [-0.2, -0.15) is 0 Å². The first-order valence-corrected chi connectivity index (χ1v) is 6.51. The smallest absolute Gasteiger partial charge is 0.0494 e. The Morgan fingerprint density at radius 1 is 1.67 bits per heavy atom. The van der Waals surface area contributed by atoms with Gasteiger partial charge in [-0.05, 0) is 38.0 Å². The Hall–Kier alpha value is 0.350. The van der Waals surface area contributed by atoms with Crippen LogP contribution >= 0.6 is 8.58 Å². The van der Waals surface area contributed by atoms with E-state index in [0.29, 0.717) is 6.04 Å². The molecule has 0 saturated carbocycles. The van der Waals surface area contributed by atoms with E-state index in [0.717, 1.165) is 27.7 Å². The molecular weight excluding hydrogens is 169 g/mol. The van der Waals surface area contributed by atoms with Crippen LogP contribution in [0.4, 0.5) is 0 Å². The summed E-state index contributed by atoms with van der Waals surface area (Å²) in [6.45, 7) is 4.12. The van der Waals surface area contributed by atoms with Crippen molar-refractivity contribution in [2.24, 2.45) is 11.7 Å². The first-order chi connectivity index (χ1) is 5.83. The van der Waals surface area contributed by atoms with Gasteiger partial charge in [0.1, 0.15) is 0 Å². The van der Waals surface area contributed by atoms with Crippen LogP contribution in [-0.4, -0.2) is 32.1 Å². The Bertz CT molecular complexity index is 115. The van der Waals surface area contributed by atoms with Gasteiger partial charge in [-0.1, -0.05) is 0 Å². The van der Waals surface area contributed by atoms with Crippen molar-refractivity contribution in [2.75, 3.05) is 26.0 Å². The Labute approximate surface area is 77.0 Å². The fraction of sp³-hybridized carbons (Fsp3) is 1.00.